The molecule has 1 unspecified atom stereocenters. The van der Waals surface area contributed by atoms with E-state index in [2.05, 4.69) is 15.2 Å². The molecule has 164 valence electrons. The van der Waals surface area contributed by atoms with Gasteiger partial charge in [0, 0.05) is 13.1 Å². The zero-order valence-electron chi connectivity index (χ0n) is 17.9. The first kappa shape index (κ1) is 21.4. The van der Waals surface area contributed by atoms with Crippen LogP contribution in [0.1, 0.15) is 59.0 Å². The molecule has 7 heteroatoms. The molecule has 1 aromatic heterocycles. The summed E-state index contributed by atoms with van der Waals surface area (Å²) in [6.07, 6.45) is 4.20. The molecule has 0 bridgehead atoms. The van der Waals surface area contributed by atoms with Crippen LogP contribution in [0.3, 0.4) is 0 Å². The molecule has 0 aliphatic carbocycles. The minimum atomic E-state index is -0.300. The number of benzene rings is 1. The Bertz CT molecular complexity index is 941. The standard InChI is InChI=1S/C24H29FN4O2/c1-17-20(24(31)26-15-18-6-8-19(25)9-7-18)10-11-21(27-17)22-5-4-14-29(22)23(30)16-28-12-2-3-13-28/h6-11,22H,2-5,12-16H2,1H3,(H,26,31). The van der Waals surface area contributed by atoms with Crippen molar-refractivity contribution >= 4 is 11.8 Å². The van der Waals surface area contributed by atoms with Crippen LogP contribution in [0.5, 0.6) is 0 Å². The zero-order valence-corrected chi connectivity index (χ0v) is 17.9. The van der Waals surface area contributed by atoms with E-state index in [4.69, 9.17) is 0 Å². The van der Waals surface area contributed by atoms with E-state index in [1.54, 1.807) is 18.2 Å². The highest BCUT2D eigenvalue weighted by Gasteiger charge is 2.32. The largest absolute Gasteiger partial charge is 0.348 e. The van der Waals surface area contributed by atoms with Crippen LogP contribution in [0, 0.1) is 12.7 Å². The summed E-state index contributed by atoms with van der Waals surface area (Å²) in [5, 5.41) is 2.86. The van der Waals surface area contributed by atoms with Gasteiger partial charge < -0.3 is 10.2 Å². The lowest BCUT2D eigenvalue weighted by molar-refractivity contribution is -0.133. The van der Waals surface area contributed by atoms with E-state index < -0.39 is 0 Å². The molecule has 1 aromatic carbocycles. The van der Waals surface area contributed by atoms with Crippen molar-refractivity contribution in [3.63, 3.8) is 0 Å². The molecule has 2 aliphatic rings. The van der Waals surface area contributed by atoms with E-state index in [0.29, 0.717) is 24.3 Å². The van der Waals surface area contributed by atoms with Crippen LogP contribution in [0.15, 0.2) is 36.4 Å². The van der Waals surface area contributed by atoms with Gasteiger partial charge in [-0.1, -0.05) is 12.1 Å². The predicted molar refractivity (Wildman–Crippen MR) is 116 cm³/mol. The highest BCUT2D eigenvalue weighted by atomic mass is 19.1. The Morgan fingerprint density at radius 3 is 2.52 bits per heavy atom. The summed E-state index contributed by atoms with van der Waals surface area (Å²) in [5.74, 6) is -0.343. The molecule has 6 nitrogen and oxygen atoms in total. The van der Waals surface area contributed by atoms with Crippen LogP contribution in [0.4, 0.5) is 4.39 Å². The van der Waals surface area contributed by atoms with Gasteiger partial charge in [0.05, 0.1) is 29.5 Å². The molecule has 31 heavy (non-hydrogen) atoms. The monoisotopic (exact) mass is 424 g/mol. The van der Waals surface area contributed by atoms with Crippen molar-refractivity contribution in [1.82, 2.24) is 20.1 Å². The number of nitrogens with zero attached hydrogens (tertiary/aromatic N) is 3. The van der Waals surface area contributed by atoms with Crippen LogP contribution < -0.4 is 5.32 Å². The van der Waals surface area contributed by atoms with Crippen molar-refractivity contribution < 1.29 is 14.0 Å². The van der Waals surface area contributed by atoms with E-state index >= 15 is 0 Å². The topological polar surface area (TPSA) is 65.5 Å². The molecule has 3 heterocycles. The van der Waals surface area contributed by atoms with Gasteiger partial charge in [-0.2, -0.15) is 0 Å². The Kier molecular flexibility index (Phi) is 6.61. The van der Waals surface area contributed by atoms with E-state index in [1.165, 1.54) is 25.0 Å². The first-order chi connectivity index (χ1) is 15.0. The lowest BCUT2D eigenvalue weighted by atomic mass is 10.1. The van der Waals surface area contributed by atoms with Crippen molar-refractivity contribution in [2.45, 2.75) is 45.2 Å². The van der Waals surface area contributed by atoms with Crippen LogP contribution in [-0.2, 0) is 11.3 Å². The van der Waals surface area contributed by atoms with Gasteiger partial charge in [0.2, 0.25) is 5.91 Å². The van der Waals surface area contributed by atoms with Gasteiger partial charge in [-0.05, 0) is 75.5 Å². The van der Waals surface area contributed by atoms with Gasteiger partial charge in [0.15, 0.2) is 0 Å². The molecule has 1 atom stereocenters. The number of aromatic nitrogens is 1. The summed E-state index contributed by atoms with van der Waals surface area (Å²) < 4.78 is 13.0. The lowest BCUT2D eigenvalue weighted by Crippen LogP contribution is -2.39. The third-order valence-corrected chi connectivity index (χ3v) is 6.19. The summed E-state index contributed by atoms with van der Waals surface area (Å²) in [5.41, 5.74) is 2.83. The molecule has 2 aromatic rings. The summed E-state index contributed by atoms with van der Waals surface area (Å²) in [6, 6.07) is 9.69. The number of carbonyl (C=O) groups is 2. The molecule has 1 N–H and O–H groups in total. The van der Waals surface area contributed by atoms with Gasteiger partial charge in [0.25, 0.3) is 5.91 Å². The fourth-order valence-electron chi connectivity index (χ4n) is 4.48. The third kappa shape index (κ3) is 5.10. The molecule has 2 saturated heterocycles. The van der Waals surface area contributed by atoms with Gasteiger partial charge in [-0.3, -0.25) is 19.5 Å². The van der Waals surface area contributed by atoms with E-state index in [9.17, 15) is 14.0 Å². The first-order valence-electron chi connectivity index (χ1n) is 11.0. The van der Waals surface area contributed by atoms with E-state index in [-0.39, 0.29) is 23.7 Å². The first-order valence-corrected chi connectivity index (χ1v) is 11.0. The molecule has 2 aliphatic heterocycles. The summed E-state index contributed by atoms with van der Waals surface area (Å²) >= 11 is 0. The predicted octanol–water partition coefficient (Wildman–Crippen LogP) is 3.22. The van der Waals surface area contributed by atoms with Gasteiger partial charge in [-0.15, -0.1) is 0 Å². The molecular formula is C24H29FN4O2. The Morgan fingerprint density at radius 2 is 1.81 bits per heavy atom. The van der Waals surface area contributed by atoms with Crippen LogP contribution in [0.25, 0.3) is 0 Å². The fourth-order valence-corrected chi connectivity index (χ4v) is 4.48. The Morgan fingerprint density at radius 1 is 1.06 bits per heavy atom. The Balaban J connectivity index is 1.40. The second-order valence-corrected chi connectivity index (χ2v) is 8.41. The van der Waals surface area contributed by atoms with Gasteiger partial charge in [0.1, 0.15) is 5.82 Å². The molecule has 4 rings (SSSR count). The van der Waals surface area contributed by atoms with Crippen LogP contribution in [0.2, 0.25) is 0 Å². The Hall–Kier alpha value is -2.80. The highest BCUT2D eigenvalue weighted by Crippen LogP contribution is 2.31. The molecule has 2 amide bonds. The fraction of sp³-hybridized carbons (Fsp3) is 0.458. The smallest absolute Gasteiger partial charge is 0.253 e. The number of likely N-dealkylation sites (tertiary alicyclic amines) is 2. The minimum absolute atomic E-state index is 0.0230. The van der Waals surface area contributed by atoms with Crippen molar-refractivity contribution in [2.75, 3.05) is 26.2 Å². The molecule has 0 spiro atoms. The maximum atomic E-state index is 13.0. The number of halogens is 1. The molecule has 2 fully saturated rings. The van der Waals surface area contributed by atoms with Crippen LogP contribution >= 0.6 is 0 Å². The average Bonchev–Trinajstić information content (AvgIpc) is 3.45. The van der Waals surface area contributed by atoms with Crippen molar-refractivity contribution in [3.05, 3.63) is 64.7 Å². The minimum Gasteiger partial charge on any atom is -0.348 e. The van der Waals surface area contributed by atoms with Gasteiger partial charge >= 0.3 is 0 Å². The molecular weight excluding hydrogens is 395 g/mol. The van der Waals surface area contributed by atoms with E-state index in [1.807, 2.05) is 17.9 Å². The number of amides is 2. The number of rotatable bonds is 6. The zero-order chi connectivity index (χ0) is 21.8. The van der Waals surface area contributed by atoms with E-state index in [0.717, 1.165) is 43.7 Å². The lowest BCUT2D eigenvalue weighted by Gasteiger charge is -2.27. The Labute approximate surface area is 182 Å². The maximum absolute atomic E-state index is 13.0. The summed E-state index contributed by atoms with van der Waals surface area (Å²) in [7, 11) is 0. The van der Waals surface area contributed by atoms with Crippen LogP contribution in [-0.4, -0.2) is 52.8 Å². The maximum Gasteiger partial charge on any atom is 0.253 e. The number of hydrogen-bond acceptors (Lipinski definition) is 4. The number of hydrogen-bond donors (Lipinski definition) is 1. The number of pyridine rings is 1. The second-order valence-electron chi connectivity index (χ2n) is 8.41. The summed E-state index contributed by atoms with van der Waals surface area (Å²) in [6.45, 7) is 5.40. The number of nitrogens with one attached hydrogen (secondary N) is 1. The van der Waals surface area contributed by atoms with Gasteiger partial charge in [-0.25, -0.2) is 4.39 Å². The van der Waals surface area contributed by atoms with Crippen molar-refractivity contribution in [1.29, 1.82) is 0 Å². The molecule has 0 saturated carbocycles. The quantitative estimate of drug-likeness (QED) is 0.773. The third-order valence-electron chi connectivity index (χ3n) is 6.19. The summed E-state index contributed by atoms with van der Waals surface area (Å²) in [4.78, 5) is 34.3. The normalized spacial score (nSPS) is 19.0. The molecule has 0 radical (unpaired) electrons. The number of carbonyl (C=O) groups excluding carboxylic acids is 2. The van der Waals surface area contributed by atoms with Crippen molar-refractivity contribution in [3.8, 4) is 0 Å². The highest BCUT2D eigenvalue weighted by molar-refractivity contribution is 5.95. The SMILES string of the molecule is Cc1nc(C2CCCN2C(=O)CN2CCCC2)ccc1C(=O)NCc1ccc(F)cc1. The second kappa shape index (κ2) is 9.56. The van der Waals surface area contributed by atoms with Crippen molar-refractivity contribution in [2.24, 2.45) is 0 Å². The average molecular weight is 425 g/mol. The number of aryl methyl sites for hydroxylation is 1.